The molecule has 0 N–H and O–H groups in total. The molecule has 18 heavy (non-hydrogen) atoms. The van der Waals surface area contributed by atoms with E-state index in [1.54, 1.807) is 6.07 Å². The number of carbonyl (C=O) groups excluding carboxylic acids is 1. The molecule has 2 rings (SSSR count). The highest BCUT2D eigenvalue weighted by molar-refractivity contribution is 6.10. The molecular formula is C14H10F2O2. The summed E-state index contributed by atoms with van der Waals surface area (Å²) in [5.41, 5.74) is -0.107. The molecular weight excluding hydrogens is 238 g/mol. The van der Waals surface area contributed by atoms with Crippen LogP contribution in [0.15, 0.2) is 42.5 Å². The van der Waals surface area contributed by atoms with Crippen molar-refractivity contribution in [2.75, 3.05) is 7.11 Å². The molecule has 0 amide bonds. The highest BCUT2D eigenvalue weighted by atomic mass is 19.1. The number of ketones is 1. The van der Waals surface area contributed by atoms with Gasteiger partial charge in [-0.05, 0) is 30.3 Å². The van der Waals surface area contributed by atoms with Crippen molar-refractivity contribution in [2.24, 2.45) is 0 Å². The predicted molar refractivity (Wildman–Crippen MR) is 62.8 cm³/mol. The Morgan fingerprint density at radius 2 is 1.78 bits per heavy atom. The van der Waals surface area contributed by atoms with Gasteiger partial charge in [0, 0.05) is 0 Å². The maximum Gasteiger partial charge on any atom is 0.199 e. The summed E-state index contributed by atoms with van der Waals surface area (Å²) >= 11 is 0. The number of halogens is 2. The molecule has 0 atom stereocenters. The summed E-state index contributed by atoms with van der Waals surface area (Å²) in [6, 6.07) is 9.10. The molecule has 2 aromatic rings. The van der Waals surface area contributed by atoms with Gasteiger partial charge in [0.1, 0.15) is 17.4 Å². The Kier molecular flexibility index (Phi) is 3.37. The zero-order valence-corrected chi connectivity index (χ0v) is 9.61. The van der Waals surface area contributed by atoms with Crippen LogP contribution in [0.25, 0.3) is 0 Å². The van der Waals surface area contributed by atoms with Crippen molar-refractivity contribution in [1.82, 2.24) is 0 Å². The van der Waals surface area contributed by atoms with Gasteiger partial charge in [-0.15, -0.1) is 0 Å². The van der Waals surface area contributed by atoms with E-state index in [9.17, 15) is 13.6 Å². The molecule has 0 aliphatic carbocycles. The quantitative estimate of drug-likeness (QED) is 0.780. The van der Waals surface area contributed by atoms with Gasteiger partial charge in [0.05, 0.1) is 18.2 Å². The van der Waals surface area contributed by atoms with E-state index in [0.717, 1.165) is 6.07 Å². The molecule has 0 saturated carbocycles. The van der Waals surface area contributed by atoms with Crippen molar-refractivity contribution in [3.63, 3.8) is 0 Å². The lowest BCUT2D eigenvalue weighted by Crippen LogP contribution is -2.06. The second-order valence-corrected chi connectivity index (χ2v) is 3.65. The smallest absolute Gasteiger partial charge is 0.199 e. The Labute approximate surface area is 103 Å². The van der Waals surface area contributed by atoms with Crippen molar-refractivity contribution < 1.29 is 18.3 Å². The Morgan fingerprint density at radius 3 is 2.44 bits per heavy atom. The van der Waals surface area contributed by atoms with Gasteiger partial charge in [-0.3, -0.25) is 4.79 Å². The summed E-state index contributed by atoms with van der Waals surface area (Å²) < 4.78 is 31.6. The molecule has 0 bridgehead atoms. The summed E-state index contributed by atoms with van der Waals surface area (Å²) in [6.45, 7) is 0. The Hall–Kier alpha value is -2.23. The van der Waals surface area contributed by atoms with Crippen LogP contribution in [0.2, 0.25) is 0 Å². The van der Waals surface area contributed by atoms with Crippen molar-refractivity contribution in [1.29, 1.82) is 0 Å². The van der Waals surface area contributed by atoms with Crippen LogP contribution in [0.1, 0.15) is 15.9 Å². The lowest BCUT2D eigenvalue weighted by Gasteiger charge is -2.08. The normalized spacial score (nSPS) is 10.2. The van der Waals surface area contributed by atoms with Gasteiger partial charge >= 0.3 is 0 Å². The highest BCUT2D eigenvalue weighted by Crippen LogP contribution is 2.23. The largest absolute Gasteiger partial charge is 0.496 e. The van der Waals surface area contributed by atoms with Gasteiger partial charge in [-0.1, -0.05) is 12.1 Å². The molecule has 4 heteroatoms. The van der Waals surface area contributed by atoms with E-state index in [1.807, 2.05) is 0 Å². The van der Waals surface area contributed by atoms with E-state index in [4.69, 9.17) is 4.74 Å². The monoisotopic (exact) mass is 248 g/mol. The average Bonchev–Trinajstić information content (AvgIpc) is 2.38. The topological polar surface area (TPSA) is 26.3 Å². The third-order valence-corrected chi connectivity index (χ3v) is 2.52. The molecule has 0 heterocycles. The minimum absolute atomic E-state index is 0.00241. The Morgan fingerprint density at radius 1 is 1.06 bits per heavy atom. The minimum Gasteiger partial charge on any atom is -0.496 e. The van der Waals surface area contributed by atoms with Gasteiger partial charge in [0.2, 0.25) is 0 Å². The fraction of sp³-hybridized carbons (Fsp3) is 0.0714. The molecule has 0 unspecified atom stereocenters. The second kappa shape index (κ2) is 4.96. The molecule has 0 aliphatic rings. The van der Waals surface area contributed by atoms with Crippen molar-refractivity contribution in [2.45, 2.75) is 0 Å². The third kappa shape index (κ3) is 2.22. The van der Waals surface area contributed by atoms with Gasteiger partial charge in [-0.25, -0.2) is 8.78 Å². The standard InChI is InChI=1S/C14H10F2O2/c1-18-13-7-6-9(15)8-11(13)14(17)10-4-2-3-5-12(10)16/h2-8H,1H3. The number of rotatable bonds is 3. The maximum absolute atomic E-state index is 13.5. The van der Waals surface area contributed by atoms with E-state index >= 15 is 0 Å². The first-order valence-corrected chi connectivity index (χ1v) is 5.26. The van der Waals surface area contributed by atoms with Crippen LogP contribution in [-0.4, -0.2) is 12.9 Å². The van der Waals surface area contributed by atoms with E-state index in [2.05, 4.69) is 0 Å². The van der Waals surface area contributed by atoms with E-state index in [0.29, 0.717) is 0 Å². The molecule has 0 radical (unpaired) electrons. The molecule has 0 saturated heterocycles. The van der Waals surface area contributed by atoms with Crippen LogP contribution in [0.5, 0.6) is 5.75 Å². The van der Waals surface area contributed by atoms with Crippen LogP contribution in [0.4, 0.5) is 8.78 Å². The summed E-state index contributed by atoms with van der Waals surface area (Å²) in [5.74, 6) is -1.61. The van der Waals surface area contributed by atoms with Crippen LogP contribution in [-0.2, 0) is 0 Å². The second-order valence-electron chi connectivity index (χ2n) is 3.65. The van der Waals surface area contributed by atoms with Crippen LogP contribution >= 0.6 is 0 Å². The molecule has 2 aromatic carbocycles. The number of benzene rings is 2. The maximum atomic E-state index is 13.5. The lowest BCUT2D eigenvalue weighted by atomic mass is 10.0. The SMILES string of the molecule is COc1ccc(F)cc1C(=O)c1ccccc1F. The number of carbonyl (C=O) groups is 1. The number of hydrogen-bond donors (Lipinski definition) is 0. The van der Waals surface area contributed by atoms with E-state index < -0.39 is 17.4 Å². The fourth-order valence-electron chi connectivity index (χ4n) is 1.65. The van der Waals surface area contributed by atoms with Gasteiger partial charge < -0.3 is 4.74 Å². The van der Waals surface area contributed by atoms with Crippen molar-refractivity contribution in [3.05, 3.63) is 65.2 Å². The molecule has 2 nitrogen and oxygen atoms in total. The first-order valence-electron chi connectivity index (χ1n) is 5.26. The number of ether oxygens (including phenoxy) is 1. The van der Waals surface area contributed by atoms with Crippen LogP contribution < -0.4 is 4.74 Å². The Bertz CT molecular complexity index is 594. The summed E-state index contributed by atoms with van der Waals surface area (Å²) in [5, 5.41) is 0. The van der Waals surface area contributed by atoms with Gasteiger partial charge in [0.15, 0.2) is 5.78 Å². The molecule has 0 spiro atoms. The van der Waals surface area contributed by atoms with E-state index in [-0.39, 0.29) is 16.9 Å². The lowest BCUT2D eigenvalue weighted by molar-refractivity contribution is 0.103. The van der Waals surface area contributed by atoms with Gasteiger partial charge in [0.25, 0.3) is 0 Å². The summed E-state index contributed by atoms with van der Waals surface area (Å²) in [4.78, 5) is 12.1. The number of methoxy groups -OCH3 is 1. The molecule has 92 valence electrons. The third-order valence-electron chi connectivity index (χ3n) is 2.52. The number of hydrogen-bond acceptors (Lipinski definition) is 2. The first kappa shape index (κ1) is 12.2. The molecule has 0 fully saturated rings. The van der Waals surface area contributed by atoms with Gasteiger partial charge in [-0.2, -0.15) is 0 Å². The van der Waals surface area contributed by atoms with Crippen molar-refractivity contribution >= 4 is 5.78 Å². The van der Waals surface area contributed by atoms with Crippen LogP contribution in [0.3, 0.4) is 0 Å². The zero-order chi connectivity index (χ0) is 13.1. The zero-order valence-electron chi connectivity index (χ0n) is 9.61. The predicted octanol–water partition coefficient (Wildman–Crippen LogP) is 3.20. The molecule has 0 aliphatic heterocycles. The first-order chi connectivity index (χ1) is 8.63. The van der Waals surface area contributed by atoms with Crippen LogP contribution in [0, 0.1) is 11.6 Å². The Balaban J connectivity index is 2.52. The average molecular weight is 248 g/mol. The van der Waals surface area contributed by atoms with Crippen molar-refractivity contribution in [3.8, 4) is 5.75 Å². The summed E-state index contributed by atoms with van der Waals surface area (Å²) in [6.07, 6.45) is 0. The highest BCUT2D eigenvalue weighted by Gasteiger charge is 2.18. The fourth-order valence-corrected chi connectivity index (χ4v) is 1.65. The minimum atomic E-state index is -0.645. The molecule has 0 aromatic heterocycles. The van der Waals surface area contributed by atoms with E-state index in [1.165, 1.54) is 37.4 Å². The summed E-state index contributed by atoms with van der Waals surface area (Å²) in [7, 11) is 1.37.